The van der Waals surface area contributed by atoms with E-state index in [1.165, 1.54) is 0 Å². The third-order valence-electron chi connectivity index (χ3n) is 3.48. The summed E-state index contributed by atoms with van der Waals surface area (Å²) in [6.45, 7) is 0. The van der Waals surface area contributed by atoms with E-state index in [1.807, 2.05) is 0 Å². The van der Waals surface area contributed by atoms with Crippen molar-refractivity contribution in [2.75, 3.05) is 0 Å². The fraction of sp³-hybridized carbons (Fsp3) is 0.188. The zero-order valence-electron chi connectivity index (χ0n) is 13.3. The van der Waals surface area contributed by atoms with Crippen LogP contribution in [-0.2, 0) is 25.5 Å². The predicted octanol–water partition coefficient (Wildman–Crippen LogP) is 3.17. The number of carbonyl (C=O) groups is 1. The summed E-state index contributed by atoms with van der Waals surface area (Å²) in [4.78, 5) is 8.96. The van der Waals surface area contributed by atoms with Gasteiger partial charge in [-0.15, -0.1) is 0 Å². The molecule has 0 aliphatic carbocycles. The molecule has 0 spiro atoms. The Kier molecular flexibility index (Phi) is 6.16. The summed E-state index contributed by atoms with van der Waals surface area (Å²) in [6, 6.07) is 8.17. The topological polar surface area (TPSA) is 80.7 Å². The van der Waals surface area contributed by atoms with Crippen LogP contribution >= 0.6 is 0 Å². The van der Waals surface area contributed by atoms with E-state index in [1.54, 1.807) is 30.3 Å². The Bertz CT molecular complexity index is 934. The zero-order valence-corrected chi connectivity index (χ0v) is 14.1. The first-order valence-electron chi connectivity index (χ1n) is 7.27. The van der Waals surface area contributed by atoms with Crippen molar-refractivity contribution in [1.82, 2.24) is 0 Å². The molecule has 0 saturated carbocycles. The zero-order chi connectivity index (χ0) is 20.4. The number of benzene rings is 2. The van der Waals surface area contributed by atoms with E-state index >= 15 is 0 Å². The van der Waals surface area contributed by atoms with Crippen LogP contribution in [-0.4, -0.2) is 25.6 Å². The normalized spacial score (nSPS) is 12.8. The van der Waals surface area contributed by atoms with Gasteiger partial charge in [0.25, 0.3) is 0 Å². The van der Waals surface area contributed by atoms with E-state index in [-0.39, 0.29) is 6.42 Å². The standard InChI is InChI=1S/C16H11F5O5S/c17-10-11(18)13(20)15(14(21)12(10)19)27(24,25)26-9(16(22)23)7-6-8-4-2-1-3-5-8/h1-5,9H,6-7H2,(H,22,23). The Labute approximate surface area is 150 Å². The summed E-state index contributed by atoms with van der Waals surface area (Å²) >= 11 is 0. The van der Waals surface area contributed by atoms with E-state index in [2.05, 4.69) is 4.18 Å². The average Bonchev–Trinajstić information content (AvgIpc) is 2.62. The summed E-state index contributed by atoms with van der Waals surface area (Å²) in [5.74, 6) is -14.6. The van der Waals surface area contributed by atoms with Crippen molar-refractivity contribution in [1.29, 1.82) is 0 Å². The first-order valence-corrected chi connectivity index (χ1v) is 8.68. The summed E-state index contributed by atoms with van der Waals surface area (Å²) < 4.78 is 95.0. The van der Waals surface area contributed by atoms with Crippen molar-refractivity contribution in [2.45, 2.75) is 23.8 Å². The first kappa shape index (κ1) is 20.8. The number of carboxylic acids is 1. The fourth-order valence-electron chi connectivity index (χ4n) is 2.16. The average molecular weight is 410 g/mol. The van der Waals surface area contributed by atoms with Crippen LogP contribution < -0.4 is 0 Å². The van der Waals surface area contributed by atoms with Gasteiger partial charge >= 0.3 is 16.1 Å². The molecule has 27 heavy (non-hydrogen) atoms. The monoisotopic (exact) mass is 410 g/mol. The van der Waals surface area contributed by atoms with Gasteiger partial charge in [-0.25, -0.2) is 26.7 Å². The minimum atomic E-state index is -5.61. The van der Waals surface area contributed by atoms with Gasteiger partial charge in [0, 0.05) is 0 Å². The molecule has 5 nitrogen and oxygen atoms in total. The second-order valence-electron chi connectivity index (χ2n) is 5.30. The minimum absolute atomic E-state index is 0.0183. The maximum absolute atomic E-state index is 13.7. The van der Waals surface area contributed by atoms with Crippen molar-refractivity contribution >= 4 is 16.1 Å². The highest BCUT2D eigenvalue weighted by Gasteiger charge is 2.37. The van der Waals surface area contributed by atoms with Gasteiger partial charge in [0.15, 0.2) is 34.3 Å². The predicted molar refractivity (Wildman–Crippen MR) is 80.7 cm³/mol. The Morgan fingerprint density at radius 2 is 1.41 bits per heavy atom. The van der Waals surface area contributed by atoms with Crippen LogP contribution in [0.2, 0.25) is 0 Å². The van der Waals surface area contributed by atoms with E-state index in [9.17, 15) is 35.2 Å². The SMILES string of the molecule is O=C(O)C(CCc1ccccc1)OS(=O)(=O)c1c(F)c(F)c(F)c(F)c1F. The molecule has 2 rings (SSSR count). The molecule has 2 aromatic carbocycles. The highest BCUT2D eigenvalue weighted by molar-refractivity contribution is 7.86. The lowest BCUT2D eigenvalue weighted by Gasteiger charge is -2.15. The molecule has 0 amide bonds. The van der Waals surface area contributed by atoms with E-state index in [4.69, 9.17) is 5.11 Å². The largest absolute Gasteiger partial charge is 0.479 e. The molecule has 0 aromatic heterocycles. The van der Waals surface area contributed by atoms with Crippen molar-refractivity contribution in [3.8, 4) is 0 Å². The summed E-state index contributed by atoms with van der Waals surface area (Å²) in [5, 5.41) is 9.07. The molecule has 1 atom stereocenters. The summed E-state index contributed by atoms with van der Waals surface area (Å²) in [5.41, 5.74) is 0.612. The van der Waals surface area contributed by atoms with Crippen LogP contribution in [0.1, 0.15) is 12.0 Å². The highest BCUT2D eigenvalue weighted by Crippen LogP contribution is 2.29. The van der Waals surface area contributed by atoms with E-state index in [0.29, 0.717) is 5.56 Å². The Morgan fingerprint density at radius 3 is 1.89 bits per heavy atom. The van der Waals surface area contributed by atoms with Gasteiger partial charge in [-0.05, 0) is 18.4 Å². The van der Waals surface area contributed by atoms with Crippen molar-refractivity contribution in [2.24, 2.45) is 0 Å². The van der Waals surface area contributed by atoms with Crippen LogP contribution in [0, 0.1) is 29.1 Å². The molecular formula is C16H11F5O5S. The molecule has 1 N–H and O–H groups in total. The summed E-state index contributed by atoms with van der Waals surface area (Å²) in [6.07, 6.45) is -2.52. The highest BCUT2D eigenvalue weighted by atomic mass is 32.2. The van der Waals surface area contributed by atoms with Gasteiger partial charge < -0.3 is 5.11 Å². The first-order chi connectivity index (χ1) is 12.6. The maximum Gasteiger partial charge on any atom is 0.334 e. The minimum Gasteiger partial charge on any atom is -0.479 e. The van der Waals surface area contributed by atoms with Crippen LogP contribution in [0.3, 0.4) is 0 Å². The number of hydrogen-bond acceptors (Lipinski definition) is 4. The summed E-state index contributed by atoms with van der Waals surface area (Å²) in [7, 11) is -5.61. The third kappa shape index (κ3) is 4.42. The Morgan fingerprint density at radius 1 is 0.926 bits per heavy atom. The van der Waals surface area contributed by atoms with Gasteiger partial charge in [-0.3, -0.25) is 4.18 Å². The molecule has 0 radical (unpaired) electrons. The van der Waals surface area contributed by atoms with Gasteiger partial charge in [-0.2, -0.15) is 8.42 Å². The second kappa shape index (κ2) is 8.01. The van der Waals surface area contributed by atoms with Gasteiger partial charge in [0.2, 0.25) is 5.82 Å². The van der Waals surface area contributed by atoms with E-state index in [0.717, 1.165) is 0 Å². The molecule has 2 aromatic rings. The number of carboxylic acid groups (broad SMARTS) is 1. The number of aryl methyl sites for hydroxylation is 1. The van der Waals surface area contributed by atoms with Crippen LogP contribution in [0.4, 0.5) is 22.0 Å². The molecule has 146 valence electrons. The molecular weight excluding hydrogens is 399 g/mol. The molecule has 0 fully saturated rings. The van der Waals surface area contributed by atoms with Gasteiger partial charge in [-0.1, -0.05) is 30.3 Å². The van der Waals surface area contributed by atoms with Crippen molar-refractivity contribution < 1.29 is 44.5 Å². The van der Waals surface area contributed by atoms with Gasteiger partial charge in [0.1, 0.15) is 0 Å². The number of aliphatic carboxylic acids is 1. The van der Waals surface area contributed by atoms with Crippen LogP contribution in [0.25, 0.3) is 0 Å². The lowest BCUT2D eigenvalue weighted by atomic mass is 10.1. The van der Waals surface area contributed by atoms with Crippen molar-refractivity contribution in [3.63, 3.8) is 0 Å². The maximum atomic E-state index is 13.7. The molecule has 0 aliphatic heterocycles. The van der Waals surface area contributed by atoms with Crippen molar-refractivity contribution in [3.05, 3.63) is 65.0 Å². The molecule has 0 bridgehead atoms. The Hall–Kier alpha value is -2.53. The van der Waals surface area contributed by atoms with Gasteiger partial charge in [0.05, 0.1) is 0 Å². The quantitative estimate of drug-likeness (QED) is 0.328. The second-order valence-corrected chi connectivity index (χ2v) is 6.81. The molecule has 11 heteroatoms. The van der Waals surface area contributed by atoms with Crippen LogP contribution in [0.15, 0.2) is 35.2 Å². The Balaban J connectivity index is 2.34. The number of rotatable bonds is 7. The lowest BCUT2D eigenvalue weighted by molar-refractivity contribution is -0.145. The molecule has 0 heterocycles. The smallest absolute Gasteiger partial charge is 0.334 e. The lowest BCUT2D eigenvalue weighted by Crippen LogP contribution is -2.29. The molecule has 1 unspecified atom stereocenters. The number of halogens is 5. The third-order valence-corrected chi connectivity index (χ3v) is 4.82. The molecule has 0 saturated heterocycles. The fourth-order valence-corrected chi connectivity index (χ4v) is 3.36. The van der Waals surface area contributed by atoms with Crippen LogP contribution in [0.5, 0.6) is 0 Å². The molecule has 0 aliphatic rings. The number of hydrogen-bond donors (Lipinski definition) is 1. The van der Waals surface area contributed by atoms with E-state index < -0.39 is 62.6 Å².